The van der Waals surface area contributed by atoms with Gasteiger partial charge >= 0.3 is 6.03 Å². The van der Waals surface area contributed by atoms with Crippen molar-refractivity contribution in [1.29, 1.82) is 5.41 Å². The molecule has 57 heavy (non-hydrogen) atoms. The van der Waals surface area contributed by atoms with E-state index in [4.69, 9.17) is 41.0 Å². The molecule has 3 aliphatic rings. The molecule has 4 unspecified atom stereocenters. The number of hydrogen-bond acceptors (Lipinski definition) is 10. The van der Waals surface area contributed by atoms with Gasteiger partial charge in [-0.1, -0.05) is 56.6 Å². The number of anilines is 1. The number of amides is 2. The van der Waals surface area contributed by atoms with Crippen LogP contribution in [0.5, 0.6) is 11.5 Å². The van der Waals surface area contributed by atoms with E-state index < -0.39 is 11.4 Å². The molecule has 2 amide bonds. The maximum atomic E-state index is 13.7. The molecule has 7 rings (SSSR count). The van der Waals surface area contributed by atoms with Gasteiger partial charge in [-0.3, -0.25) is 9.72 Å². The van der Waals surface area contributed by atoms with E-state index in [2.05, 4.69) is 38.7 Å². The van der Waals surface area contributed by atoms with E-state index in [0.29, 0.717) is 66.7 Å². The van der Waals surface area contributed by atoms with Crippen LogP contribution in [0.3, 0.4) is 0 Å². The second kappa shape index (κ2) is 18.3. The van der Waals surface area contributed by atoms with E-state index in [1.165, 1.54) is 6.42 Å². The molecule has 2 aromatic carbocycles. The van der Waals surface area contributed by atoms with E-state index >= 15 is 0 Å². The summed E-state index contributed by atoms with van der Waals surface area (Å²) in [4.78, 5) is 20.9. The van der Waals surface area contributed by atoms with E-state index in [1.807, 2.05) is 61.7 Å². The highest BCUT2D eigenvalue weighted by Gasteiger charge is 2.31. The maximum absolute atomic E-state index is 13.7. The highest BCUT2D eigenvalue weighted by molar-refractivity contribution is 6.32. The van der Waals surface area contributed by atoms with Crippen LogP contribution in [0.25, 0.3) is 5.65 Å². The number of halogens is 1. The molecule has 2 fully saturated rings. The van der Waals surface area contributed by atoms with Crippen LogP contribution in [0, 0.1) is 10.8 Å². The number of rotatable bonds is 12. The monoisotopic (exact) mass is 798 g/mol. The molecule has 0 radical (unpaired) electrons. The van der Waals surface area contributed by atoms with Crippen LogP contribution in [0.15, 0.2) is 65.8 Å². The van der Waals surface area contributed by atoms with Crippen molar-refractivity contribution in [3.63, 3.8) is 0 Å². The van der Waals surface area contributed by atoms with Crippen LogP contribution in [0.4, 0.5) is 16.4 Å². The molecule has 4 atom stereocenters. The van der Waals surface area contributed by atoms with Gasteiger partial charge in [0.25, 0.3) is 0 Å². The number of nitrogens with one attached hydrogen (secondary N) is 3. The summed E-state index contributed by atoms with van der Waals surface area (Å²) in [5.74, 6) is 2.37. The Balaban J connectivity index is 1.03. The number of benzene rings is 2. The van der Waals surface area contributed by atoms with Crippen LogP contribution in [-0.4, -0.2) is 70.9 Å². The molecule has 2 aliphatic heterocycles. The molecule has 2 saturated heterocycles. The van der Waals surface area contributed by atoms with Crippen molar-refractivity contribution in [1.82, 2.24) is 25.2 Å². The van der Waals surface area contributed by atoms with Crippen molar-refractivity contribution in [2.24, 2.45) is 10.4 Å². The number of urea groups is 1. The maximum Gasteiger partial charge on any atom is 0.320 e. The molecule has 304 valence electrons. The van der Waals surface area contributed by atoms with Gasteiger partial charge in [0.1, 0.15) is 30.0 Å². The highest BCUT2D eigenvalue weighted by atomic mass is 35.5. The Morgan fingerprint density at radius 2 is 1.82 bits per heavy atom. The normalized spacial score (nSPS) is 21.5. The largest absolute Gasteiger partial charge is 0.490 e. The average Bonchev–Trinajstić information content (AvgIpc) is 3.62. The molecule has 4 heterocycles. The summed E-state index contributed by atoms with van der Waals surface area (Å²) in [5.41, 5.74) is 3.35. The molecule has 0 spiro atoms. The fourth-order valence-corrected chi connectivity index (χ4v) is 7.75. The highest BCUT2D eigenvalue weighted by Crippen LogP contribution is 2.39. The number of carbonyl (C=O) groups is 1. The zero-order valence-corrected chi connectivity index (χ0v) is 34.2. The minimum atomic E-state index is -0.418. The van der Waals surface area contributed by atoms with Gasteiger partial charge in [-0.15, -0.1) is 10.2 Å². The minimum Gasteiger partial charge on any atom is -0.490 e. The fourth-order valence-electron chi connectivity index (χ4n) is 7.58. The number of hydrogen-bond donors (Lipinski definition) is 3. The molecule has 1 aliphatic carbocycles. The molecular weight excluding hydrogens is 744 g/mol. The fraction of sp³-hybridized carbons (Fsp3) is 0.512. The number of piperidine rings is 1. The molecular formula is C43H55ClN8O5. The average molecular weight is 799 g/mol. The second-order valence-electron chi connectivity index (χ2n) is 16.2. The first kappa shape index (κ1) is 40.5. The Morgan fingerprint density at radius 3 is 2.61 bits per heavy atom. The summed E-state index contributed by atoms with van der Waals surface area (Å²) < 4.78 is 26.1. The molecule has 13 nitrogen and oxygen atoms in total. The van der Waals surface area contributed by atoms with Crippen LogP contribution >= 0.6 is 11.6 Å². The summed E-state index contributed by atoms with van der Waals surface area (Å²) in [7, 11) is 0. The van der Waals surface area contributed by atoms with Gasteiger partial charge in [0.15, 0.2) is 11.9 Å². The third kappa shape index (κ3) is 10.2. The summed E-state index contributed by atoms with van der Waals surface area (Å²) in [5, 5.41) is 24.3. The van der Waals surface area contributed by atoms with Gasteiger partial charge in [-0.25, -0.2) is 9.79 Å². The van der Waals surface area contributed by atoms with Gasteiger partial charge in [0.05, 0.1) is 29.6 Å². The van der Waals surface area contributed by atoms with Crippen molar-refractivity contribution >= 4 is 46.5 Å². The van der Waals surface area contributed by atoms with Gasteiger partial charge in [-0.05, 0) is 99.1 Å². The quantitative estimate of drug-likeness (QED) is 0.0731. The summed E-state index contributed by atoms with van der Waals surface area (Å²) in [6.07, 6.45) is 9.62. The first-order valence-electron chi connectivity index (χ1n) is 20.3. The van der Waals surface area contributed by atoms with Gasteiger partial charge in [0, 0.05) is 37.4 Å². The van der Waals surface area contributed by atoms with Crippen LogP contribution in [0.1, 0.15) is 109 Å². The lowest BCUT2D eigenvalue weighted by Crippen LogP contribution is -2.43. The number of ether oxygens (including phenoxy) is 4. The van der Waals surface area contributed by atoms with E-state index in [9.17, 15) is 4.79 Å². The van der Waals surface area contributed by atoms with Crippen molar-refractivity contribution in [2.45, 2.75) is 110 Å². The molecule has 0 bridgehead atoms. The predicted octanol–water partition coefficient (Wildman–Crippen LogP) is 9.12. The summed E-state index contributed by atoms with van der Waals surface area (Å²) in [6, 6.07) is 16.9. The number of aliphatic imine (C=N–C) groups is 1. The lowest BCUT2D eigenvalue weighted by Gasteiger charge is -2.33. The van der Waals surface area contributed by atoms with E-state index in [0.717, 1.165) is 67.1 Å². The topological polar surface area (TPSA) is 148 Å². The summed E-state index contributed by atoms with van der Waals surface area (Å²) in [6.45, 7) is 10.5. The first-order valence-corrected chi connectivity index (χ1v) is 20.6. The Morgan fingerprint density at radius 1 is 1.00 bits per heavy atom. The standard InChI is InChI=1S/C43H55ClN8O5/c1-28-11-7-9-21-51(28)42-50-49-39-20-16-30(27-52(39)42)57-35-19-18-34(31-12-5-6-13-32(31)35)47-41(53)48-38(26-37(45)43(2,3)4)46-29-15-17-33(44)36(25-29)54-23-24-56-40-14-8-10-22-55-40/h5-6,12-13,15-17,20,25,27-28,34-35,40,45H,7-11,14,18-19,21-24,26H2,1-4H3,(H2,46,47,48,53). The second-order valence-corrected chi connectivity index (χ2v) is 16.6. The van der Waals surface area contributed by atoms with Crippen LogP contribution in [0.2, 0.25) is 5.02 Å². The predicted molar refractivity (Wildman–Crippen MR) is 222 cm³/mol. The van der Waals surface area contributed by atoms with Crippen LogP contribution < -0.4 is 25.0 Å². The zero-order valence-electron chi connectivity index (χ0n) is 33.4. The van der Waals surface area contributed by atoms with E-state index in [-0.39, 0.29) is 24.9 Å². The third-order valence-corrected chi connectivity index (χ3v) is 11.2. The number of amidine groups is 1. The SMILES string of the molecule is CC1CCCCN1c1nnc2ccc(OC3CCC(NC(=O)NC(CC(=N)C(C)(C)C)=Nc4ccc(Cl)c(OCCOC5CCCCO5)c4)c4ccccc43)cn12. The number of nitrogens with zero attached hydrogens (tertiary/aromatic N) is 5. The molecule has 14 heteroatoms. The lowest BCUT2D eigenvalue weighted by molar-refractivity contribution is -0.165. The summed E-state index contributed by atoms with van der Waals surface area (Å²) >= 11 is 6.48. The van der Waals surface area contributed by atoms with Crippen molar-refractivity contribution in [3.05, 3.63) is 76.9 Å². The molecule has 4 aromatic rings. The van der Waals surface area contributed by atoms with Gasteiger partial charge in [-0.2, -0.15) is 0 Å². The van der Waals surface area contributed by atoms with Crippen molar-refractivity contribution < 1.29 is 23.7 Å². The molecule has 2 aromatic heterocycles. The Labute approximate surface area is 340 Å². The Hall–Kier alpha value is -4.72. The van der Waals surface area contributed by atoms with Crippen molar-refractivity contribution in [2.75, 3.05) is 31.3 Å². The van der Waals surface area contributed by atoms with Gasteiger partial charge in [0.2, 0.25) is 5.95 Å². The Kier molecular flexibility index (Phi) is 13.0. The first-order chi connectivity index (χ1) is 27.5. The third-order valence-electron chi connectivity index (χ3n) is 10.9. The van der Waals surface area contributed by atoms with Crippen molar-refractivity contribution in [3.8, 4) is 11.5 Å². The lowest BCUT2D eigenvalue weighted by atomic mass is 9.85. The van der Waals surface area contributed by atoms with Gasteiger partial charge < -0.3 is 34.6 Å². The van der Waals surface area contributed by atoms with Crippen LogP contribution in [-0.2, 0) is 9.47 Å². The molecule has 3 N–H and O–H groups in total. The number of fused-ring (bicyclic) bond motifs is 2. The molecule has 0 saturated carbocycles. The number of pyridine rings is 1. The number of carbonyl (C=O) groups excluding carboxylic acids is 1. The van der Waals surface area contributed by atoms with E-state index in [1.54, 1.807) is 18.2 Å². The Bertz CT molecular complexity index is 2060. The minimum absolute atomic E-state index is 0.150. The smallest absolute Gasteiger partial charge is 0.320 e. The zero-order chi connectivity index (χ0) is 39.9. The number of aromatic nitrogens is 3.